The predicted octanol–water partition coefficient (Wildman–Crippen LogP) is 3.47. The molecule has 11 heteroatoms. The average molecular weight is 542 g/mol. The standard InChI is InChI=1S/C28H23N5O5S/c1-37-21-13-11-19(12-14-21)15-24-27(36)32(16-20-7-3-2-4-8-20)28(29-24)39-17-25(34)38-18-33-26(35)22-9-5-6-10-23(22)30-31-33/h2-15H,16-18H2,1H3/b24-15+. The van der Waals surface area contributed by atoms with E-state index >= 15 is 0 Å². The van der Waals surface area contributed by atoms with Crippen molar-refractivity contribution in [2.75, 3.05) is 12.9 Å². The van der Waals surface area contributed by atoms with Crippen LogP contribution in [0.4, 0.5) is 0 Å². The number of rotatable bonds is 8. The van der Waals surface area contributed by atoms with Crippen LogP contribution in [0, 0.1) is 0 Å². The molecule has 0 spiro atoms. The van der Waals surface area contributed by atoms with Gasteiger partial charge in [0, 0.05) is 0 Å². The Bertz CT molecular complexity index is 1630. The molecule has 0 fully saturated rings. The SMILES string of the molecule is COc1ccc(/C=C2/N=C(SCC(=O)OCn3nnc4ccccc4c3=O)N(Cc3ccccc3)C2=O)cc1. The first kappa shape index (κ1) is 25.9. The van der Waals surface area contributed by atoms with Crippen molar-refractivity contribution < 1.29 is 19.1 Å². The molecule has 0 aliphatic carbocycles. The molecule has 10 nitrogen and oxygen atoms in total. The molecule has 1 aliphatic rings. The van der Waals surface area contributed by atoms with Gasteiger partial charge in [0.2, 0.25) is 0 Å². The Labute approximate surface area is 227 Å². The van der Waals surface area contributed by atoms with Crippen molar-refractivity contribution in [2.24, 2.45) is 4.99 Å². The van der Waals surface area contributed by atoms with E-state index in [2.05, 4.69) is 15.3 Å². The summed E-state index contributed by atoms with van der Waals surface area (Å²) in [4.78, 5) is 44.4. The summed E-state index contributed by atoms with van der Waals surface area (Å²) in [5, 5.41) is 8.56. The number of esters is 1. The molecule has 0 N–H and O–H groups in total. The Kier molecular flexibility index (Phi) is 7.78. The van der Waals surface area contributed by atoms with Gasteiger partial charge < -0.3 is 9.47 Å². The van der Waals surface area contributed by atoms with Gasteiger partial charge in [-0.1, -0.05) is 71.6 Å². The van der Waals surface area contributed by atoms with Crippen LogP contribution in [0.3, 0.4) is 0 Å². The minimum atomic E-state index is -0.593. The first-order valence-electron chi connectivity index (χ1n) is 11.9. The Hall–Kier alpha value is -4.77. The molecule has 1 aliphatic heterocycles. The zero-order chi connectivity index (χ0) is 27.2. The number of hydrogen-bond donors (Lipinski definition) is 0. The van der Waals surface area contributed by atoms with Gasteiger partial charge in [-0.3, -0.25) is 19.3 Å². The molecule has 0 bridgehead atoms. The number of methoxy groups -OCH3 is 1. The number of thioether (sulfide) groups is 1. The highest BCUT2D eigenvalue weighted by atomic mass is 32.2. The van der Waals surface area contributed by atoms with Crippen molar-refractivity contribution in [3.63, 3.8) is 0 Å². The van der Waals surface area contributed by atoms with Gasteiger partial charge in [0.05, 0.1) is 24.8 Å². The number of carbonyl (C=O) groups is 2. The number of nitrogens with zero attached hydrogens (tertiary/aromatic N) is 5. The third-order valence-electron chi connectivity index (χ3n) is 5.81. The average Bonchev–Trinajstić information content (AvgIpc) is 3.26. The van der Waals surface area contributed by atoms with Crippen LogP contribution < -0.4 is 10.3 Å². The number of aliphatic imine (C=N–C) groups is 1. The zero-order valence-electron chi connectivity index (χ0n) is 20.9. The minimum Gasteiger partial charge on any atom is -0.497 e. The third kappa shape index (κ3) is 6.04. The van der Waals surface area contributed by atoms with Crippen LogP contribution in [0.15, 0.2) is 94.3 Å². The summed E-state index contributed by atoms with van der Waals surface area (Å²) in [7, 11) is 1.59. The molecular formula is C28H23N5O5S. The summed E-state index contributed by atoms with van der Waals surface area (Å²) in [5.41, 5.74) is 2.01. The molecule has 196 valence electrons. The molecule has 39 heavy (non-hydrogen) atoms. The van der Waals surface area contributed by atoms with Crippen molar-refractivity contribution in [3.8, 4) is 5.75 Å². The first-order valence-corrected chi connectivity index (χ1v) is 12.9. The zero-order valence-corrected chi connectivity index (χ0v) is 21.7. The van der Waals surface area contributed by atoms with E-state index in [1.807, 2.05) is 42.5 Å². The molecule has 1 aromatic heterocycles. The molecule has 0 saturated carbocycles. The highest BCUT2D eigenvalue weighted by molar-refractivity contribution is 8.14. The molecule has 5 rings (SSSR count). The molecule has 2 heterocycles. The molecular weight excluding hydrogens is 518 g/mol. The minimum absolute atomic E-state index is 0.122. The summed E-state index contributed by atoms with van der Waals surface area (Å²) in [6.07, 6.45) is 1.69. The third-order valence-corrected chi connectivity index (χ3v) is 6.76. The topological polar surface area (TPSA) is 116 Å². The van der Waals surface area contributed by atoms with Crippen LogP contribution in [0.25, 0.3) is 17.0 Å². The number of amides is 1. The van der Waals surface area contributed by atoms with Gasteiger partial charge >= 0.3 is 5.97 Å². The van der Waals surface area contributed by atoms with Crippen LogP contribution in [0.5, 0.6) is 5.75 Å². The predicted molar refractivity (Wildman–Crippen MR) is 148 cm³/mol. The summed E-state index contributed by atoms with van der Waals surface area (Å²) < 4.78 is 11.4. The molecule has 3 aromatic carbocycles. The van der Waals surface area contributed by atoms with E-state index in [0.717, 1.165) is 27.6 Å². The van der Waals surface area contributed by atoms with E-state index < -0.39 is 11.5 Å². The monoisotopic (exact) mass is 541 g/mol. The van der Waals surface area contributed by atoms with Gasteiger partial charge in [0.1, 0.15) is 17.0 Å². The maximum absolute atomic E-state index is 13.3. The highest BCUT2D eigenvalue weighted by Gasteiger charge is 2.31. The summed E-state index contributed by atoms with van der Waals surface area (Å²) >= 11 is 1.08. The number of hydrogen-bond acceptors (Lipinski definition) is 9. The van der Waals surface area contributed by atoms with Crippen LogP contribution in [0.1, 0.15) is 11.1 Å². The number of benzene rings is 3. The molecule has 0 saturated heterocycles. The van der Waals surface area contributed by atoms with Crippen molar-refractivity contribution in [1.29, 1.82) is 0 Å². The van der Waals surface area contributed by atoms with E-state index in [1.165, 1.54) is 4.90 Å². The molecule has 0 unspecified atom stereocenters. The lowest BCUT2D eigenvalue weighted by molar-refractivity contribution is -0.144. The number of amidine groups is 1. The fraction of sp³-hybridized carbons (Fsp3) is 0.143. The second-order valence-electron chi connectivity index (χ2n) is 8.42. The number of fused-ring (bicyclic) bond motifs is 1. The van der Waals surface area contributed by atoms with Gasteiger partial charge in [-0.05, 0) is 41.5 Å². The van der Waals surface area contributed by atoms with E-state index in [1.54, 1.807) is 49.6 Å². The largest absolute Gasteiger partial charge is 0.497 e. The van der Waals surface area contributed by atoms with Crippen molar-refractivity contribution in [3.05, 3.63) is 106 Å². The second-order valence-corrected chi connectivity index (χ2v) is 9.36. The lowest BCUT2D eigenvalue weighted by Gasteiger charge is -2.17. The van der Waals surface area contributed by atoms with Gasteiger partial charge in [-0.15, -0.1) is 5.10 Å². The maximum Gasteiger partial charge on any atom is 0.318 e. The smallest absolute Gasteiger partial charge is 0.318 e. The number of carbonyl (C=O) groups excluding carboxylic acids is 2. The van der Waals surface area contributed by atoms with Crippen LogP contribution in [-0.4, -0.2) is 49.8 Å². The number of ether oxygens (including phenoxy) is 2. The number of aromatic nitrogens is 3. The molecule has 0 atom stereocenters. The van der Waals surface area contributed by atoms with Crippen LogP contribution in [-0.2, 0) is 27.6 Å². The Morgan fingerprint density at radius 2 is 1.72 bits per heavy atom. The Morgan fingerprint density at radius 3 is 2.49 bits per heavy atom. The first-order chi connectivity index (χ1) is 19.0. The fourth-order valence-corrected chi connectivity index (χ4v) is 4.61. The summed E-state index contributed by atoms with van der Waals surface area (Å²) in [6.45, 7) is -0.0829. The van der Waals surface area contributed by atoms with Crippen molar-refractivity contribution >= 4 is 45.8 Å². The van der Waals surface area contributed by atoms with Gasteiger partial charge in [-0.2, -0.15) is 4.68 Å². The highest BCUT2D eigenvalue weighted by Crippen LogP contribution is 2.26. The maximum atomic E-state index is 13.3. The van der Waals surface area contributed by atoms with Gasteiger partial charge in [-0.25, -0.2) is 4.99 Å². The van der Waals surface area contributed by atoms with E-state index in [0.29, 0.717) is 28.4 Å². The summed E-state index contributed by atoms with van der Waals surface area (Å²) in [6, 6.07) is 23.6. The van der Waals surface area contributed by atoms with Gasteiger partial charge in [0.15, 0.2) is 11.9 Å². The second kappa shape index (κ2) is 11.7. The lowest BCUT2D eigenvalue weighted by Crippen LogP contribution is -2.31. The summed E-state index contributed by atoms with van der Waals surface area (Å²) in [5.74, 6) is -0.285. The molecule has 1 amide bonds. The molecule has 4 aromatic rings. The lowest BCUT2D eigenvalue weighted by atomic mass is 10.1. The van der Waals surface area contributed by atoms with E-state index in [4.69, 9.17) is 9.47 Å². The van der Waals surface area contributed by atoms with Crippen LogP contribution in [0.2, 0.25) is 0 Å². The Morgan fingerprint density at radius 1 is 0.974 bits per heavy atom. The van der Waals surface area contributed by atoms with Crippen molar-refractivity contribution in [2.45, 2.75) is 13.3 Å². The molecule has 0 radical (unpaired) electrons. The Balaban J connectivity index is 1.29. The van der Waals surface area contributed by atoms with Gasteiger partial charge in [0.25, 0.3) is 11.5 Å². The van der Waals surface area contributed by atoms with E-state index in [9.17, 15) is 14.4 Å². The fourth-order valence-electron chi connectivity index (χ4n) is 3.81. The van der Waals surface area contributed by atoms with E-state index in [-0.39, 0.29) is 24.1 Å². The van der Waals surface area contributed by atoms with Crippen LogP contribution >= 0.6 is 11.8 Å². The van der Waals surface area contributed by atoms with Crippen molar-refractivity contribution in [1.82, 2.24) is 19.9 Å². The quantitative estimate of drug-likeness (QED) is 0.246. The normalized spacial score (nSPS) is 14.1.